The number of benzene rings is 3. The fourth-order valence-electron chi connectivity index (χ4n) is 4.13. The molecule has 0 aromatic heterocycles. The predicted molar refractivity (Wildman–Crippen MR) is 119 cm³/mol. The second-order valence-corrected chi connectivity index (χ2v) is 10.9. The molecular weight excluding hydrogens is 421 g/mol. The number of rotatable bonds is 4. The van der Waals surface area contributed by atoms with Crippen molar-refractivity contribution >= 4 is 27.1 Å². The van der Waals surface area contributed by atoms with Crippen LogP contribution in [0, 0.1) is 5.82 Å². The van der Waals surface area contributed by atoms with Crippen LogP contribution in [0.5, 0.6) is 0 Å². The Bertz CT molecular complexity index is 1210. The Morgan fingerprint density at radius 1 is 1.07 bits per heavy atom. The normalized spacial score (nSPS) is 17.8. The highest BCUT2D eigenvalue weighted by Gasteiger charge is 2.33. The second-order valence-electron chi connectivity index (χ2n) is 8.44. The molecule has 1 unspecified atom stereocenters. The van der Waals surface area contributed by atoms with Crippen LogP contribution in [0.1, 0.15) is 43.0 Å². The molecule has 1 aliphatic heterocycles. The average molecular weight is 444 g/mol. The molecule has 3 aromatic carbocycles. The van der Waals surface area contributed by atoms with Crippen molar-refractivity contribution in [3.05, 3.63) is 94.3 Å². The van der Waals surface area contributed by atoms with Crippen molar-refractivity contribution < 1.29 is 12.8 Å². The van der Waals surface area contributed by atoms with E-state index >= 15 is 0 Å². The molecule has 156 valence electrons. The van der Waals surface area contributed by atoms with Gasteiger partial charge in [-0.25, -0.2) is 12.8 Å². The van der Waals surface area contributed by atoms with Gasteiger partial charge in [0.05, 0.1) is 16.7 Å². The van der Waals surface area contributed by atoms with Crippen LogP contribution in [0.4, 0.5) is 10.1 Å². The third kappa shape index (κ3) is 4.23. The summed E-state index contributed by atoms with van der Waals surface area (Å²) in [5, 5.41) is 4.28. The quantitative estimate of drug-likeness (QED) is 0.515. The number of sulfone groups is 1. The monoisotopic (exact) mass is 443 g/mol. The molecule has 0 saturated carbocycles. The van der Waals surface area contributed by atoms with Crippen molar-refractivity contribution in [3.63, 3.8) is 0 Å². The summed E-state index contributed by atoms with van der Waals surface area (Å²) in [4.78, 5) is -0.00404. The summed E-state index contributed by atoms with van der Waals surface area (Å²) in [6.45, 7) is 4.38. The van der Waals surface area contributed by atoms with Crippen LogP contribution in [0.15, 0.2) is 71.6 Å². The Labute approximate surface area is 181 Å². The van der Waals surface area contributed by atoms with Gasteiger partial charge in [0.15, 0.2) is 9.84 Å². The van der Waals surface area contributed by atoms with E-state index in [1.807, 2.05) is 36.4 Å². The molecule has 3 aromatic rings. The maximum atomic E-state index is 13.5. The van der Waals surface area contributed by atoms with Crippen molar-refractivity contribution in [2.24, 2.45) is 0 Å². The summed E-state index contributed by atoms with van der Waals surface area (Å²) in [5.41, 5.74) is 3.84. The van der Waals surface area contributed by atoms with E-state index in [4.69, 9.17) is 11.6 Å². The molecule has 0 spiro atoms. The standard InChI is InChI=1S/C24H23ClFNO2S/c1-24(2)14-23(27-22-10-9-18(25)12-21(22)24)17-6-3-5-16(11-17)15-30(28,29)20-8-4-7-19(26)13-20/h3-13,23,27H,14-15H2,1-2H3. The Morgan fingerprint density at radius 2 is 1.83 bits per heavy atom. The number of halogens is 2. The Morgan fingerprint density at radius 3 is 2.60 bits per heavy atom. The van der Waals surface area contributed by atoms with Gasteiger partial charge >= 0.3 is 0 Å². The largest absolute Gasteiger partial charge is 0.378 e. The molecule has 1 heterocycles. The fourth-order valence-corrected chi connectivity index (χ4v) is 5.66. The Kier molecular flexibility index (Phi) is 5.37. The van der Waals surface area contributed by atoms with Crippen LogP contribution in [0.2, 0.25) is 5.02 Å². The molecular formula is C24H23ClFNO2S. The highest BCUT2D eigenvalue weighted by atomic mass is 35.5. The van der Waals surface area contributed by atoms with Gasteiger partial charge in [-0.3, -0.25) is 0 Å². The van der Waals surface area contributed by atoms with Crippen molar-refractivity contribution in [3.8, 4) is 0 Å². The molecule has 3 nitrogen and oxygen atoms in total. The van der Waals surface area contributed by atoms with E-state index in [9.17, 15) is 12.8 Å². The zero-order valence-corrected chi connectivity index (χ0v) is 18.4. The lowest BCUT2D eigenvalue weighted by Gasteiger charge is -2.39. The van der Waals surface area contributed by atoms with E-state index in [1.165, 1.54) is 23.8 Å². The molecule has 1 atom stereocenters. The minimum absolute atomic E-state index is 0.00404. The SMILES string of the molecule is CC1(C)CC(c2cccc(CS(=O)(=O)c3cccc(F)c3)c2)Nc2ccc(Cl)cc21. The minimum atomic E-state index is -3.63. The topological polar surface area (TPSA) is 46.2 Å². The molecule has 30 heavy (non-hydrogen) atoms. The summed E-state index contributed by atoms with van der Waals surface area (Å²) < 4.78 is 39.0. The summed E-state index contributed by atoms with van der Waals surface area (Å²) in [6.07, 6.45) is 0.848. The van der Waals surface area contributed by atoms with Gasteiger partial charge in [0, 0.05) is 10.7 Å². The number of nitrogens with one attached hydrogen (secondary N) is 1. The van der Waals surface area contributed by atoms with E-state index in [0.29, 0.717) is 10.6 Å². The molecule has 0 aliphatic carbocycles. The summed E-state index contributed by atoms with van der Waals surface area (Å²) in [5.74, 6) is -0.732. The fraction of sp³-hybridized carbons (Fsp3) is 0.250. The number of hydrogen-bond donors (Lipinski definition) is 1. The highest BCUT2D eigenvalue weighted by Crippen LogP contribution is 2.44. The van der Waals surface area contributed by atoms with Crippen LogP contribution in [-0.4, -0.2) is 8.42 Å². The van der Waals surface area contributed by atoms with Crippen molar-refractivity contribution in [1.82, 2.24) is 0 Å². The molecule has 0 bridgehead atoms. The van der Waals surface area contributed by atoms with Crippen molar-refractivity contribution in [2.75, 3.05) is 5.32 Å². The van der Waals surface area contributed by atoms with Crippen LogP contribution in [0.3, 0.4) is 0 Å². The number of hydrogen-bond acceptors (Lipinski definition) is 3. The van der Waals surface area contributed by atoms with E-state index < -0.39 is 15.7 Å². The highest BCUT2D eigenvalue weighted by molar-refractivity contribution is 7.90. The van der Waals surface area contributed by atoms with Gasteiger partial charge in [-0.2, -0.15) is 0 Å². The first-order chi connectivity index (χ1) is 14.1. The van der Waals surface area contributed by atoms with Gasteiger partial charge in [-0.15, -0.1) is 0 Å². The molecule has 4 rings (SSSR count). The van der Waals surface area contributed by atoms with E-state index in [-0.39, 0.29) is 22.1 Å². The Balaban J connectivity index is 1.62. The molecule has 0 amide bonds. The second kappa shape index (κ2) is 7.71. The summed E-state index contributed by atoms with van der Waals surface area (Å²) in [6, 6.07) is 18.6. The third-order valence-corrected chi connectivity index (χ3v) is 7.54. The predicted octanol–water partition coefficient (Wildman–Crippen LogP) is 6.29. The molecule has 0 saturated heterocycles. The van der Waals surface area contributed by atoms with Gasteiger partial charge in [0.25, 0.3) is 0 Å². The smallest absolute Gasteiger partial charge is 0.182 e. The average Bonchev–Trinajstić information content (AvgIpc) is 2.68. The molecule has 0 fully saturated rings. The van der Waals surface area contributed by atoms with Crippen molar-refractivity contribution in [1.29, 1.82) is 0 Å². The molecule has 6 heteroatoms. The zero-order valence-electron chi connectivity index (χ0n) is 16.8. The van der Waals surface area contributed by atoms with Crippen LogP contribution in [-0.2, 0) is 21.0 Å². The molecule has 1 aliphatic rings. The van der Waals surface area contributed by atoms with Crippen molar-refractivity contribution in [2.45, 2.75) is 42.4 Å². The molecule has 1 N–H and O–H groups in total. The van der Waals surface area contributed by atoms with Crippen LogP contribution in [0.25, 0.3) is 0 Å². The summed E-state index contributed by atoms with van der Waals surface area (Å²) >= 11 is 6.19. The third-order valence-electron chi connectivity index (χ3n) is 5.62. The summed E-state index contributed by atoms with van der Waals surface area (Å²) in [7, 11) is -3.63. The van der Waals surface area contributed by atoms with Gasteiger partial charge in [-0.1, -0.05) is 55.8 Å². The first-order valence-electron chi connectivity index (χ1n) is 9.78. The maximum absolute atomic E-state index is 13.5. The maximum Gasteiger partial charge on any atom is 0.182 e. The van der Waals surface area contributed by atoms with E-state index in [1.54, 1.807) is 6.07 Å². The van der Waals surface area contributed by atoms with E-state index in [2.05, 4.69) is 19.2 Å². The lowest BCUT2D eigenvalue weighted by atomic mass is 9.74. The zero-order chi connectivity index (χ0) is 21.5. The van der Waals surface area contributed by atoms with Gasteiger partial charge in [0.2, 0.25) is 0 Å². The molecule has 0 radical (unpaired) electrons. The lowest BCUT2D eigenvalue weighted by Crippen LogP contribution is -2.31. The first-order valence-corrected chi connectivity index (χ1v) is 11.8. The van der Waals surface area contributed by atoms with Gasteiger partial charge in [-0.05, 0) is 64.9 Å². The number of anilines is 1. The minimum Gasteiger partial charge on any atom is -0.378 e. The lowest BCUT2D eigenvalue weighted by molar-refractivity contribution is 0.427. The van der Waals surface area contributed by atoms with Crippen LogP contribution >= 0.6 is 11.6 Å². The first kappa shape index (κ1) is 20.9. The van der Waals surface area contributed by atoms with Gasteiger partial charge < -0.3 is 5.32 Å². The van der Waals surface area contributed by atoms with E-state index in [0.717, 1.165) is 23.7 Å². The van der Waals surface area contributed by atoms with Crippen LogP contribution < -0.4 is 5.32 Å². The Hall–Kier alpha value is -2.37. The van der Waals surface area contributed by atoms with Gasteiger partial charge in [0.1, 0.15) is 5.82 Å². The number of fused-ring (bicyclic) bond motifs is 1.